The van der Waals surface area contributed by atoms with Gasteiger partial charge in [0.1, 0.15) is 46.4 Å². The number of hydrogen-bond donors (Lipinski definition) is 5. The second-order valence-electron chi connectivity index (χ2n) is 15.7. The van der Waals surface area contributed by atoms with E-state index in [1.165, 1.54) is 0 Å². The molecule has 0 amide bonds. The lowest BCUT2D eigenvalue weighted by atomic mass is 9.72. The smallest absolute Gasteiger partial charge is 0.133 e. The Kier molecular flexibility index (Phi) is 11.1. The van der Waals surface area contributed by atoms with Gasteiger partial charge in [-0.2, -0.15) is 0 Å². The summed E-state index contributed by atoms with van der Waals surface area (Å²) in [7, 11) is 3.21. The van der Waals surface area contributed by atoms with Gasteiger partial charge < -0.3 is 49.2 Å². The summed E-state index contributed by atoms with van der Waals surface area (Å²) >= 11 is 0. The summed E-state index contributed by atoms with van der Waals surface area (Å²) in [5.74, 6) is 1.49. The van der Waals surface area contributed by atoms with Crippen molar-refractivity contribution < 1.29 is 49.2 Å². The molecule has 5 aromatic carbocycles. The Morgan fingerprint density at radius 3 is 2.32 bits per heavy atom. The topological polar surface area (TPSA) is 147 Å². The number of aliphatic hydroxyl groups excluding tert-OH is 2. The monoisotopic (exact) mass is 776 g/mol. The highest BCUT2D eigenvalue weighted by Crippen LogP contribution is 2.53. The second kappa shape index (κ2) is 16.4. The van der Waals surface area contributed by atoms with Crippen molar-refractivity contribution >= 4 is 10.8 Å². The maximum absolute atomic E-state index is 12.5. The van der Waals surface area contributed by atoms with Crippen LogP contribution in [0.4, 0.5) is 0 Å². The van der Waals surface area contributed by atoms with Gasteiger partial charge in [0.15, 0.2) is 0 Å². The van der Waals surface area contributed by atoms with E-state index in [0.29, 0.717) is 77.2 Å². The van der Waals surface area contributed by atoms with Gasteiger partial charge in [-0.15, -0.1) is 0 Å². The van der Waals surface area contributed by atoms with Crippen LogP contribution in [0.15, 0.2) is 72.8 Å². The normalized spacial score (nSPS) is 21.7. The number of phenolic OH excluding ortho intramolecular Hbond substituents is 3. The van der Waals surface area contributed by atoms with Crippen LogP contribution in [0.3, 0.4) is 0 Å². The zero-order valence-electron chi connectivity index (χ0n) is 32.7. The lowest BCUT2D eigenvalue weighted by molar-refractivity contribution is -0.0884. The molecule has 0 saturated heterocycles. The maximum atomic E-state index is 12.5. The van der Waals surface area contributed by atoms with E-state index in [4.69, 9.17) is 23.7 Å². The first-order chi connectivity index (χ1) is 27.7. The van der Waals surface area contributed by atoms with Crippen LogP contribution in [-0.2, 0) is 17.6 Å². The van der Waals surface area contributed by atoms with E-state index in [1.807, 2.05) is 31.2 Å². The first-order valence-corrected chi connectivity index (χ1v) is 20.1. The molecule has 0 unspecified atom stereocenters. The maximum Gasteiger partial charge on any atom is 0.133 e. The van der Waals surface area contributed by atoms with Crippen molar-refractivity contribution in [1.29, 1.82) is 0 Å². The molecule has 8 rings (SSSR count). The first-order valence-electron chi connectivity index (χ1n) is 20.1. The Bertz CT molecular complexity index is 2240. The molecule has 1 aliphatic carbocycles. The summed E-state index contributed by atoms with van der Waals surface area (Å²) < 4.78 is 31.3. The Morgan fingerprint density at radius 1 is 0.772 bits per heavy atom. The highest BCUT2D eigenvalue weighted by Gasteiger charge is 2.48. The predicted octanol–water partition coefficient (Wildman–Crippen LogP) is 8.69. The van der Waals surface area contributed by atoms with E-state index in [-0.39, 0.29) is 30.0 Å². The van der Waals surface area contributed by atoms with Gasteiger partial charge in [-0.25, -0.2) is 0 Å². The van der Waals surface area contributed by atoms with Gasteiger partial charge in [-0.3, -0.25) is 0 Å². The van der Waals surface area contributed by atoms with Crippen molar-refractivity contribution in [3.8, 4) is 51.4 Å². The van der Waals surface area contributed by atoms with Gasteiger partial charge in [0.05, 0.1) is 32.0 Å². The van der Waals surface area contributed by atoms with Crippen molar-refractivity contribution in [3.63, 3.8) is 0 Å². The SMILES string of the molecule is CCc1cc(-c2cccc(O)c2)c(Cc2cc(OC3CCCC3)cc3c2OC[C@H]([C@@H]2[C@H](CCCOC)Oc4c(cc(OC)c5cc(O)ccc45)[C@@H]2O)[C@@H]3O)cc1O. The van der Waals surface area contributed by atoms with Crippen LogP contribution in [0.2, 0.25) is 0 Å². The van der Waals surface area contributed by atoms with Crippen molar-refractivity contribution in [2.24, 2.45) is 11.8 Å². The number of ether oxygens (including phenoxy) is 5. The molecule has 10 nitrogen and oxygen atoms in total. The Hall–Kier alpha value is -5.16. The molecular formula is C47H52O10. The van der Waals surface area contributed by atoms with Crippen molar-refractivity contribution in [2.45, 2.75) is 82.7 Å². The largest absolute Gasteiger partial charge is 0.508 e. The number of benzene rings is 5. The van der Waals surface area contributed by atoms with E-state index >= 15 is 0 Å². The molecule has 1 saturated carbocycles. The van der Waals surface area contributed by atoms with Crippen molar-refractivity contribution in [3.05, 3.63) is 101 Å². The van der Waals surface area contributed by atoms with Gasteiger partial charge in [0.25, 0.3) is 0 Å². The minimum absolute atomic E-state index is 0.0611. The van der Waals surface area contributed by atoms with E-state index in [2.05, 4.69) is 0 Å². The third-order valence-corrected chi connectivity index (χ3v) is 12.1. The van der Waals surface area contributed by atoms with Gasteiger partial charge in [0.2, 0.25) is 0 Å². The van der Waals surface area contributed by atoms with E-state index in [1.54, 1.807) is 62.8 Å². The summed E-state index contributed by atoms with van der Waals surface area (Å²) in [6.45, 7) is 2.61. The number of aryl methyl sites for hydroxylation is 1. The molecule has 3 aliphatic rings. The van der Waals surface area contributed by atoms with E-state index < -0.39 is 30.1 Å². The molecule has 2 heterocycles. The molecule has 0 aromatic heterocycles. The average molecular weight is 777 g/mol. The minimum atomic E-state index is -1.05. The fourth-order valence-corrected chi connectivity index (χ4v) is 9.28. The standard InChI is InChI=1S/C47H52O10/c1-4-26-20-35(27-9-7-10-30(48)18-27)28(21-40(26)50)17-29-19-33(56-32-11-5-6-12-32)23-37-44(51)39(25-55-46(29)37)43-41(13-8-16-53-2)57-47-34-15-14-31(49)22-36(34)42(54-3)24-38(47)45(43)52/h7,9-10,14-15,18-24,32,39,41,43-45,48-52H,4-6,8,11-13,16-17,25H2,1-3H3/t39-,41+,43-,44-,45+/m1/s1. The number of aliphatic hydroxyl groups is 2. The quantitative estimate of drug-likeness (QED) is 0.0780. The van der Waals surface area contributed by atoms with Crippen LogP contribution in [0.1, 0.15) is 85.5 Å². The lowest BCUT2D eigenvalue weighted by Crippen LogP contribution is -2.46. The molecule has 5 aromatic rings. The molecule has 57 heavy (non-hydrogen) atoms. The van der Waals surface area contributed by atoms with E-state index in [9.17, 15) is 25.5 Å². The van der Waals surface area contributed by atoms with Crippen LogP contribution in [0.25, 0.3) is 21.9 Å². The summed E-state index contributed by atoms with van der Waals surface area (Å²) in [4.78, 5) is 0. The Morgan fingerprint density at radius 2 is 1.56 bits per heavy atom. The fraction of sp³-hybridized carbons (Fsp3) is 0.404. The van der Waals surface area contributed by atoms with Crippen molar-refractivity contribution in [1.82, 2.24) is 0 Å². The van der Waals surface area contributed by atoms with Crippen LogP contribution >= 0.6 is 0 Å². The van der Waals surface area contributed by atoms with Gasteiger partial charge in [0, 0.05) is 59.4 Å². The predicted molar refractivity (Wildman–Crippen MR) is 217 cm³/mol. The molecule has 5 atom stereocenters. The summed E-state index contributed by atoms with van der Waals surface area (Å²) in [6, 6.07) is 21.5. The van der Waals surface area contributed by atoms with Crippen LogP contribution < -0.4 is 18.9 Å². The minimum Gasteiger partial charge on any atom is -0.508 e. The van der Waals surface area contributed by atoms with Gasteiger partial charge in [-0.05, 0) is 128 Å². The number of fused-ring (bicyclic) bond motifs is 4. The number of aromatic hydroxyl groups is 3. The Labute approximate surface area is 333 Å². The number of phenols is 3. The third kappa shape index (κ3) is 7.54. The van der Waals surface area contributed by atoms with E-state index in [0.717, 1.165) is 53.5 Å². The summed E-state index contributed by atoms with van der Waals surface area (Å²) in [5.41, 5.74) is 5.24. The second-order valence-corrected chi connectivity index (χ2v) is 15.7. The zero-order valence-corrected chi connectivity index (χ0v) is 32.7. The number of methoxy groups -OCH3 is 2. The molecule has 0 bridgehead atoms. The summed E-state index contributed by atoms with van der Waals surface area (Å²) in [6.07, 6.45) is 3.79. The molecule has 10 heteroatoms. The molecular weight excluding hydrogens is 725 g/mol. The first kappa shape index (κ1) is 38.7. The number of hydrogen-bond acceptors (Lipinski definition) is 10. The van der Waals surface area contributed by atoms with Crippen LogP contribution in [0, 0.1) is 11.8 Å². The Balaban J connectivity index is 1.21. The molecule has 300 valence electrons. The van der Waals surface area contributed by atoms with Gasteiger partial charge >= 0.3 is 0 Å². The van der Waals surface area contributed by atoms with Crippen LogP contribution in [0.5, 0.6) is 40.2 Å². The highest BCUT2D eigenvalue weighted by atomic mass is 16.5. The number of rotatable bonds is 12. The highest BCUT2D eigenvalue weighted by molar-refractivity contribution is 5.96. The zero-order chi connectivity index (χ0) is 39.8. The molecule has 0 spiro atoms. The molecule has 0 radical (unpaired) electrons. The summed E-state index contributed by atoms with van der Waals surface area (Å²) in [5, 5.41) is 58.1. The molecule has 1 fully saturated rings. The molecule has 5 N–H and O–H groups in total. The van der Waals surface area contributed by atoms with Gasteiger partial charge in [-0.1, -0.05) is 19.1 Å². The fourth-order valence-electron chi connectivity index (χ4n) is 9.28. The average Bonchev–Trinajstić information content (AvgIpc) is 3.72. The lowest BCUT2D eigenvalue weighted by Gasteiger charge is -2.45. The van der Waals surface area contributed by atoms with Crippen molar-refractivity contribution in [2.75, 3.05) is 27.4 Å². The van der Waals surface area contributed by atoms with Crippen LogP contribution in [-0.4, -0.2) is 65.2 Å². The third-order valence-electron chi connectivity index (χ3n) is 12.1. The molecule has 2 aliphatic heterocycles.